The van der Waals surface area contributed by atoms with E-state index in [0.29, 0.717) is 0 Å². The van der Waals surface area contributed by atoms with Crippen LogP contribution in [0.5, 0.6) is 0 Å². The van der Waals surface area contributed by atoms with Crippen molar-refractivity contribution < 1.29 is 0 Å². The molecule has 0 radical (unpaired) electrons. The van der Waals surface area contributed by atoms with Gasteiger partial charge in [-0.3, -0.25) is 0 Å². The molecule has 0 aliphatic carbocycles. The Balaban J connectivity index is 2.48. The summed E-state index contributed by atoms with van der Waals surface area (Å²) in [6.07, 6.45) is 5.04. The molecule has 56 valence electrons. The molecule has 0 fully saturated rings. The number of anilines is 1. The minimum Gasteiger partial charge on any atom is -0.362 e. The molecule has 0 atom stereocenters. The molecule has 1 aromatic rings. The molecule has 1 aliphatic heterocycles. The van der Waals surface area contributed by atoms with Crippen LogP contribution in [0.25, 0.3) is 0 Å². The first-order valence-corrected chi connectivity index (χ1v) is 3.94. The van der Waals surface area contributed by atoms with E-state index in [-0.39, 0.29) is 0 Å². The molecule has 1 heterocycles. The van der Waals surface area contributed by atoms with Crippen molar-refractivity contribution in [2.45, 2.75) is 6.42 Å². The number of fused-ring (bicyclic) bond motifs is 1. The quantitative estimate of drug-likeness (QED) is 0.624. The summed E-state index contributed by atoms with van der Waals surface area (Å²) in [5, 5.41) is 3.92. The maximum absolute atomic E-state index is 5.81. The lowest BCUT2D eigenvalue weighted by Crippen LogP contribution is -1.98. The third-order valence-electron chi connectivity index (χ3n) is 1.77. The molecule has 11 heavy (non-hydrogen) atoms. The molecule has 1 N–H and O–H groups in total. The SMILES string of the molecule is Clc1ccc2c(c1)NC=CC2. The second kappa shape index (κ2) is 2.59. The molecule has 1 nitrogen and oxygen atoms in total. The zero-order chi connectivity index (χ0) is 7.68. The van der Waals surface area contributed by atoms with E-state index < -0.39 is 0 Å². The predicted molar refractivity (Wildman–Crippen MR) is 47.9 cm³/mol. The Morgan fingerprint density at radius 2 is 2.27 bits per heavy atom. The number of halogens is 1. The van der Waals surface area contributed by atoms with Gasteiger partial charge in [0.15, 0.2) is 0 Å². The Bertz CT molecular complexity index is 304. The fourth-order valence-electron chi connectivity index (χ4n) is 1.20. The van der Waals surface area contributed by atoms with Gasteiger partial charge in [0.1, 0.15) is 0 Å². The lowest BCUT2D eigenvalue weighted by Gasteiger charge is -2.11. The molecule has 0 amide bonds. The van der Waals surface area contributed by atoms with E-state index in [1.165, 1.54) is 5.56 Å². The third-order valence-corrected chi connectivity index (χ3v) is 2.00. The van der Waals surface area contributed by atoms with Gasteiger partial charge < -0.3 is 5.32 Å². The average molecular weight is 166 g/mol. The largest absolute Gasteiger partial charge is 0.362 e. The van der Waals surface area contributed by atoms with Crippen LogP contribution in [0, 0.1) is 0 Å². The Labute approximate surface area is 70.7 Å². The number of hydrogen-bond donors (Lipinski definition) is 1. The molecular formula is C9H8ClN. The lowest BCUT2D eigenvalue weighted by atomic mass is 10.1. The van der Waals surface area contributed by atoms with Crippen molar-refractivity contribution in [3.05, 3.63) is 41.1 Å². The molecular weight excluding hydrogens is 158 g/mol. The topological polar surface area (TPSA) is 12.0 Å². The molecule has 0 spiro atoms. The Morgan fingerprint density at radius 1 is 1.36 bits per heavy atom. The van der Waals surface area contributed by atoms with Crippen LogP contribution in [0.4, 0.5) is 5.69 Å². The highest BCUT2D eigenvalue weighted by molar-refractivity contribution is 6.30. The molecule has 1 aliphatic rings. The maximum atomic E-state index is 5.81. The van der Waals surface area contributed by atoms with Crippen molar-refractivity contribution >= 4 is 17.3 Å². The van der Waals surface area contributed by atoms with E-state index in [1.807, 2.05) is 24.4 Å². The van der Waals surface area contributed by atoms with Crippen molar-refractivity contribution in [1.82, 2.24) is 0 Å². The lowest BCUT2D eigenvalue weighted by molar-refractivity contribution is 1.22. The molecule has 0 aromatic heterocycles. The minimum atomic E-state index is 0.784. The van der Waals surface area contributed by atoms with Gasteiger partial charge in [-0.1, -0.05) is 23.7 Å². The number of hydrogen-bond acceptors (Lipinski definition) is 1. The normalized spacial score (nSPS) is 13.9. The molecule has 0 unspecified atom stereocenters. The Hall–Kier alpha value is -0.950. The minimum absolute atomic E-state index is 0.784. The molecule has 0 bridgehead atoms. The van der Waals surface area contributed by atoms with Gasteiger partial charge in [-0.2, -0.15) is 0 Å². The zero-order valence-corrected chi connectivity index (χ0v) is 6.73. The van der Waals surface area contributed by atoms with E-state index >= 15 is 0 Å². The zero-order valence-electron chi connectivity index (χ0n) is 5.97. The van der Waals surface area contributed by atoms with E-state index in [2.05, 4.69) is 11.4 Å². The highest BCUT2D eigenvalue weighted by atomic mass is 35.5. The van der Waals surface area contributed by atoms with Crippen LogP contribution in [0.15, 0.2) is 30.5 Å². The van der Waals surface area contributed by atoms with Crippen molar-refractivity contribution in [2.75, 3.05) is 5.32 Å². The Morgan fingerprint density at radius 3 is 3.18 bits per heavy atom. The number of nitrogens with one attached hydrogen (secondary N) is 1. The second-order valence-electron chi connectivity index (χ2n) is 2.55. The van der Waals surface area contributed by atoms with Crippen LogP contribution < -0.4 is 5.32 Å². The van der Waals surface area contributed by atoms with Crippen molar-refractivity contribution in [3.8, 4) is 0 Å². The first-order chi connectivity index (χ1) is 5.36. The maximum Gasteiger partial charge on any atom is 0.0430 e. The molecule has 1 aromatic carbocycles. The number of benzene rings is 1. The number of allylic oxidation sites excluding steroid dienone is 1. The Kier molecular flexibility index (Phi) is 1.59. The van der Waals surface area contributed by atoms with Crippen LogP contribution in [-0.4, -0.2) is 0 Å². The molecule has 0 saturated heterocycles. The summed E-state index contributed by atoms with van der Waals surface area (Å²) in [7, 11) is 0. The van der Waals surface area contributed by atoms with Crippen LogP contribution in [0.1, 0.15) is 5.56 Å². The van der Waals surface area contributed by atoms with Gasteiger partial charge >= 0.3 is 0 Å². The highest BCUT2D eigenvalue weighted by Gasteiger charge is 2.03. The average Bonchev–Trinajstić information content (AvgIpc) is 2.04. The van der Waals surface area contributed by atoms with Crippen LogP contribution >= 0.6 is 11.6 Å². The van der Waals surface area contributed by atoms with Crippen LogP contribution in [-0.2, 0) is 6.42 Å². The monoisotopic (exact) mass is 165 g/mol. The first-order valence-electron chi connectivity index (χ1n) is 3.56. The van der Waals surface area contributed by atoms with Crippen molar-refractivity contribution in [3.63, 3.8) is 0 Å². The smallest absolute Gasteiger partial charge is 0.0430 e. The molecule has 2 heteroatoms. The van der Waals surface area contributed by atoms with Crippen molar-refractivity contribution in [2.24, 2.45) is 0 Å². The van der Waals surface area contributed by atoms with Gasteiger partial charge in [-0.05, 0) is 30.3 Å². The second-order valence-corrected chi connectivity index (χ2v) is 2.99. The van der Waals surface area contributed by atoms with Gasteiger partial charge in [-0.25, -0.2) is 0 Å². The van der Waals surface area contributed by atoms with Gasteiger partial charge in [0.2, 0.25) is 0 Å². The van der Waals surface area contributed by atoms with Gasteiger partial charge in [0.05, 0.1) is 0 Å². The summed E-state index contributed by atoms with van der Waals surface area (Å²) < 4.78 is 0. The van der Waals surface area contributed by atoms with Gasteiger partial charge in [0, 0.05) is 10.7 Å². The van der Waals surface area contributed by atoms with Crippen molar-refractivity contribution in [1.29, 1.82) is 0 Å². The van der Waals surface area contributed by atoms with Crippen LogP contribution in [0.2, 0.25) is 5.02 Å². The fraction of sp³-hybridized carbons (Fsp3) is 0.111. The summed E-state index contributed by atoms with van der Waals surface area (Å²) in [6.45, 7) is 0. The van der Waals surface area contributed by atoms with Gasteiger partial charge in [-0.15, -0.1) is 0 Å². The third kappa shape index (κ3) is 1.24. The highest BCUT2D eigenvalue weighted by Crippen LogP contribution is 2.23. The summed E-state index contributed by atoms with van der Waals surface area (Å²) in [5.74, 6) is 0. The summed E-state index contributed by atoms with van der Waals surface area (Å²) in [6, 6.07) is 5.91. The van der Waals surface area contributed by atoms with E-state index in [0.717, 1.165) is 17.1 Å². The fourth-order valence-corrected chi connectivity index (χ4v) is 1.37. The predicted octanol–water partition coefficient (Wildman–Crippen LogP) is 2.82. The molecule has 0 saturated carbocycles. The summed E-state index contributed by atoms with van der Waals surface area (Å²) in [4.78, 5) is 0. The standard InChI is InChI=1S/C9H8ClN/c10-8-4-3-7-2-1-5-11-9(7)6-8/h1,3-6,11H,2H2. The summed E-state index contributed by atoms with van der Waals surface area (Å²) >= 11 is 5.81. The first kappa shape index (κ1) is 6.74. The van der Waals surface area contributed by atoms with Crippen LogP contribution in [0.3, 0.4) is 0 Å². The van der Waals surface area contributed by atoms with Gasteiger partial charge in [0.25, 0.3) is 0 Å². The van der Waals surface area contributed by atoms with E-state index in [1.54, 1.807) is 0 Å². The van der Waals surface area contributed by atoms with E-state index in [9.17, 15) is 0 Å². The summed E-state index contributed by atoms with van der Waals surface area (Å²) in [5.41, 5.74) is 2.43. The van der Waals surface area contributed by atoms with E-state index in [4.69, 9.17) is 11.6 Å². The number of rotatable bonds is 0. The molecule has 2 rings (SSSR count).